The molecule has 0 bridgehead atoms. The van der Waals surface area contributed by atoms with Crippen molar-refractivity contribution in [3.8, 4) is 0 Å². The van der Waals surface area contributed by atoms with Gasteiger partial charge in [0.15, 0.2) is 0 Å². The summed E-state index contributed by atoms with van der Waals surface area (Å²) in [7, 11) is 0. The predicted molar refractivity (Wildman–Crippen MR) is 66.4 cm³/mol. The molecule has 0 radical (unpaired) electrons. The van der Waals surface area contributed by atoms with Crippen LogP contribution >= 0.6 is 0 Å². The van der Waals surface area contributed by atoms with Crippen LogP contribution in [0.5, 0.6) is 0 Å². The first-order valence-electron chi connectivity index (χ1n) is 6.40. The topological polar surface area (TPSA) is 74.6 Å². The maximum Gasteiger partial charge on any atom is 0.490 e. The molecule has 0 fully saturated rings. The van der Waals surface area contributed by atoms with Crippen molar-refractivity contribution in [2.45, 2.75) is 64.7 Å². The molecule has 0 amide bonds. The summed E-state index contributed by atoms with van der Waals surface area (Å²) in [5.74, 6) is -5.51. The van der Waals surface area contributed by atoms with Crippen LogP contribution in [0.25, 0.3) is 0 Å². The van der Waals surface area contributed by atoms with Gasteiger partial charge in [-0.3, -0.25) is 0 Å². The highest BCUT2D eigenvalue weighted by Gasteiger charge is 2.38. The van der Waals surface area contributed by atoms with Gasteiger partial charge in [-0.15, -0.1) is 0 Å². The number of alkyl halides is 6. The summed E-state index contributed by atoms with van der Waals surface area (Å²) in [5, 5.41) is 14.2. The maximum absolute atomic E-state index is 10.6. The van der Waals surface area contributed by atoms with Crippen molar-refractivity contribution in [3.63, 3.8) is 0 Å². The van der Waals surface area contributed by atoms with Gasteiger partial charge in [-0.1, -0.05) is 52.4 Å². The molecule has 0 aromatic heterocycles. The molecule has 0 aromatic rings. The van der Waals surface area contributed by atoms with Crippen molar-refractivity contribution in [1.29, 1.82) is 0 Å². The Labute approximate surface area is 124 Å². The number of carboxylic acid groups (broad SMARTS) is 2. The Bertz CT molecular complexity index is 269. The van der Waals surface area contributed by atoms with Gasteiger partial charge in [0.25, 0.3) is 0 Å². The average Bonchev–Trinajstić information content (AvgIpc) is 2.34. The molecule has 4 nitrogen and oxygen atoms in total. The number of rotatable bonds is 5. The molecular formula is C12H20F6O4. The molecule has 0 aliphatic rings. The van der Waals surface area contributed by atoms with Gasteiger partial charge in [-0.2, -0.15) is 26.3 Å². The normalized spacial score (nSPS) is 10.7. The molecule has 10 heteroatoms. The third-order valence-electron chi connectivity index (χ3n) is 1.94. The highest BCUT2D eigenvalue weighted by Crippen LogP contribution is 2.13. The van der Waals surface area contributed by atoms with E-state index in [1.54, 1.807) is 0 Å². The highest BCUT2D eigenvalue weighted by atomic mass is 19.4. The third kappa shape index (κ3) is 23.6. The fourth-order valence-electron chi connectivity index (χ4n) is 0.854. The molecule has 2 N–H and O–H groups in total. The second-order valence-corrected chi connectivity index (χ2v) is 4.02. The van der Waals surface area contributed by atoms with E-state index >= 15 is 0 Å². The third-order valence-corrected chi connectivity index (χ3v) is 1.94. The van der Waals surface area contributed by atoms with Gasteiger partial charge in [0, 0.05) is 0 Å². The number of hydrogen-bond acceptors (Lipinski definition) is 2. The fourth-order valence-corrected chi connectivity index (χ4v) is 0.854. The van der Waals surface area contributed by atoms with E-state index in [2.05, 4.69) is 13.8 Å². The van der Waals surface area contributed by atoms with Crippen LogP contribution in [0.1, 0.15) is 52.4 Å². The van der Waals surface area contributed by atoms with Gasteiger partial charge in [-0.25, -0.2) is 9.59 Å². The lowest BCUT2D eigenvalue weighted by atomic mass is 10.1. The number of carboxylic acids is 2. The Morgan fingerprint density at radius 3 is 0.955 bits per heavy atom. The van der Waals surface area contributed by atoms with Crippen LogP contribution in [-0.4, -0.2) is 34.5 Å². The van der Waals surface area contributed by atoms with Crippen molar-refractivity contribution in [1.82, 2.24) is 0 Å². The summed E-state index contributed by atoms with van der Waals surface area (Å²) >= 11 is 0. The molecule has 0 saturated carbocycles. The van der Waals surface area contributed by atoms with E-state index in [0.29, 0.717) is 0 Å². The number of unbranched alkanes of at least 4 members (excludes halogenated alkanes) is 5. The van der Waals surface area contributed by atoms with E-state index in [0.717, 1.165) is 0 Å². The van der Waals surface area contributed by atoms with Crippen LogP contribution < -0.4 is 0 Å². The summed E-state index contributed by atoms with van der Waals surface area (Å²) in [6, 6.07) is 0. The van der Waals surface area contributed by atoms with E-state index in [4.69, 9.17) is 19.8 Å². The molecule has 0 rings (SSSR count). The minimum Gasteiger partial charge on any atom is -0.475 e. The largest absolute Gasteiger partial charge is 0.490 e. The Morgan fingerprint density at radius 2 is 0.864 bits per heavy atom. The number of halogens is 6. The molecular weight excluding hydrogens is 322 g/mol. The van der Waals surface area contributed by atoms with Crippen LogP contribution in [0.4, 0.5) is 26.3 Å². The van der Waals surface area contributed by atoms with Crippen LogP contribution in [-0.2, 0) is 9.59 Å². The number of hydrogen-bond donors (Lipinski definition) is 2. The molecule has 0 saturated heterocycles. The van der Waals surface area contributed by atoms with Gasteiger partial charge in [0.05, 0.1) is 0 Å². The van der Waals surface area contributed by atoms with Crippen molar-refractivity contribution in [3.05, 3.63) is 0 Å². The summed E-state index contributed by atoms with van der Waals surface area (Å²) < 4.78 is 63.5. The molecule has 134 valence electrons. The van der Waals surface area contributed by atoms with Gasteiger partial charge in [0.1, 0.15) is 0 Å². The van der Waals surface area contributed by atoms with Crippen molar-refractivity contribution in [2.75, 3.05) is 0 Å². The van der Waals surface area contributed by atoms with E-state index < -0.39 is 24.3 Å². The number of aliphatic carboxylic acids is 2. The molecule has 0 heterocycles. The van der Waals surface area contributed by atoms with Crippen molar-refractivity contribution >= 4 is 11.9 Å². The zero-order valence-electron chi connectivity index (χ0n) is 12.2. The lowest BCUT2D eigenvalue weighted by molar-refractivity contribution is -0.193. The van der Waals surface area contributed by atoms with Crippen LogP contribution in [0.15, 0.2) is 0 Å². The molecule has 0 atom stereocenters. The molecule has 0 unspecified atom stereocenters. The Balaban J connectivity index is -0.000000247. The highest BCUT2D eigenvalue weighted by molar-refractivity contribution is 5.73. The first-order chi connectivity index (χ1) is 9.80. The Hall–Kier alpha value is -1.48. The molecule has 0 spiro atoms. The van der Waals surface area contributed by atoms with E-state index in [1.165, 1.54) is 38.5 Å². The Kier molecular flexibility index (Phi) is 15.3. The molecule has 0 aliphatic heterocycles. The lowest BCUT2D eigenvalue weighted by Gasteiger charge is -1.93. The van der Waals surface area contributed by atoms with Crippen LogP contribution in [0.2, 0.25) is 0 Å². The minimum atomic E-state index is -5.08. The second kappa shape index (κ2) is 13.2. The quantitative estimate of drug-likeness (QED) is 0.564. The SMILES string of the molecule is CCCCCCCC.O=C(O)C(F)(F)F.O=C(O)C(F)(F)F. The monoisotopic (exact) mass is 342 g/mol. The zero-order valence-corrected chi connectivity index (χ0v) is 12.2. The van der Waals surface area contributed by atoms with Gasteiger partial charge in [-0.05, 0) is 0 Å². The molecule has 0 aromatic carbocycles. The first-order valence-corrected chi connectivity index (χ1v) is 6.40. The van der Waals surface area contributed by atoms with E-state index in [1.807, 2.05) is 0 Å². The lowest BCUT2D eigenvalue weighted by Crippen LogP contribution is -2.21. The summed E-state index contributed by atoms with van der Waals surface area (Å²) in [6.45, 7) is 4.51. The van der Waals surface area contributed by atoms with Gasteiger partial charge < -0.3 is 10.2 Å². The number of carbonyl (C=O) groups is 2. The Morgan fingerprint density at radius 1 is 0.682 bits per heavy atom. The predicted octanol–water partition coefficient (Wildman–Crippen LogP) is 4.63. The van der Waals surface area contributed by atoms with Crippen molar-refractivity contribution < 1.29 is 46.1 Å². The van der Waals surface area contributed by atoms with Gasteiger partial charge in [0.2, 0.25) is 0 Å². The summed E-state index contributed by atoms with van der Waals surface area (Å²) in [4.78, 5) is 17.8. The summed E-state index contributed by atoms with van der Waals surface area (Å²) in [5.41, 5.74) is 0. The van der Waals surface area contributed by atoms with Crippen LogP contribution in [0, 0.1) is 0 Å². The minimum absolute atomic E-state index is 1.36. The van der Waals surface area contributed by atoms with E-state index in [-0.39, 0.29) is 0 Å². The smallest absolute Gasteiger partial charge is 0.475 e. The molecule has 22 heavy (non-hydrogen) atoms. The van der Waals surface area contributed by atoms with Gasteiger partial charge >= 0.3 is 24.3 Å². The second-order valence-electron chi connectivity index (χ2n) is 4.02. The first kappa shape index (κ1) is 25.5. The fraction of sp³-hybridized carbons (Fsp3) is 0.833. The standard InChI is InChI=1S/C8H18.2C2HF3O2/c1-3-5-7-8-6-4-2;2*3-2(4,5)1(6)7/h3-8H2,1-2H3;2*(H,6,7). The van der Waals surface area contributed by atoms with Crippen LogP contribution in [0.3, 0.4) is 0 Å². The van der Waals surface area contributed by atoms with Crippen molar-refractivity contribution in [2.24, 2.45) is 0 Å². The zero-order chi connectivity index (χ0) is 18.4. The van der Waals surface area contributed by atoms with E-state index in [9.17, 15) is 26.3 Å². The maximum atomic E-state index is 10.6. The molecule has 0 aliphatic carbocycles. The average molecular weight is 342 g/mol. The summed E-state index contributed by atoms with van der Waals surface area (Å²) in [6.07, 6.45) is -1.68.